The Balaban J connectivity index is 1.90. The van der Waals surface area contributed by atoms with Crippen LogP contribution in [0.25, 0.3) is 0 Å². The summed E-state index contributed by atoms with van der Waals surface area (Å²) in [6.45, 7) is 4.56. The fourth-order valence-electron chi connectivity index (χ4n) is 2.56. The zero-order valence-corrected chi connectivity index (χ0v) is 11.8. The number of nitrogens with one attached hydrogen (secondary N) is 1. The minimum Gasteiger partial charge on any atom is -0.462 e. The molecular formula is C16H23NO2. The molecule has 0 aromatic heterocycles. The first-order valence-electron chi connectivity index (χ1n) is 7.22. The summed E-state index contributed by atoms with van der Waals surface area (Å²) in [5.41, 5.74) is 1.71. The standard InChI is InChI=1S/C16H23NO2/c1-3-19-16(18)13-6-10-15(11-7-13)17-14-8-4-12(2)5-9-14/h6-7,10-12,14,17H,3-5,8-9H2,1-2H3. The lowest BCUT2D eigenvalue weighted by atomic mass is 9.87. The number of esters is 1. The van der Waals surface area contributed by atoms with Crippen molar-refractivity contribution in [3.05, 3.63) is 29.8 Å². The van der Waals surface area contributed by atoms with E-state index in [-0.39, 0.29) is 5.97 Å². The number of carbonyl (C=O) groups excluding carboxylic acids is 1. The number of hydrogen-bond acceptors (Lipinski definition) is 3. The van der Waals surface area contributed by atoms with Gasteiger partial charge in [-0.2, -0.15) is 0 Å². The van der Waals surface area contributed by atoms with Crippen LogP contribution in [-0.4, -0.2) is 18.6 Å². The van der Waals surface area contributed by atoms with Gasteiger partial charge in [0.2, 0.25) is 0 Å². The lowest BCUT2D eigenvalue weighted by Crippen LogP contribution is -2.25. The van der Waals surface area contributed by atoms with Crippen molar-refractivity contribution in [2.24, 2.45) is 5.92 Å². The minimum absolute atomic E-state index is 0.249. The van der Waals surface area contributed by atoms with Crippen LogP contribution in [0.1, 0.15) is 49.9 Å². The first-order chi connectivity index (χ1) is 9.19. The Kier molecular flexibility index (Phi) is 4.83. The third-order valence-electron chi connectivity index (χ3n) is 3.78. The maximum Gasteiger partial charge on any atom is 0.338 e. The molecule has 1 aromatic carbocycles. The van der Waals surface area contributed by atoms with Crippen LogP contribution >= 0.6 is 0 Å². The molecule has 1 aliphatic carbocycles. The second-order valence-corrected chi connectivity index (χ2v) is 5.40. The van der Waals surface area contributed by atoms with Crippen molar-refractivity contribution in [3.8, 4) is 0 Å². The fourth-order valence-corrected chi connectivity index (χ4v) is 2.56. The quantitative estimate of drug-likeness (QED) is 0.836. The van der Waals surface area contributed by atoms with E-state index in [0.717, 1.165) is 11.6 Å². The molecule has 1 fully saturated rings. The monoisotopic (exact) mass is 261 g/mol. The Morgan fingerprint density at radius 3 is 2.42 bits per heavy atom. The van der Waals surface area contributed by atoms with E-state index in [1.807, 2.05) is 31.2 Å². The van der Waals surface area contributed by atoms with Gasteiger partial charge in [-0.05, 0) is 62.8 Å². The molecule has 0 bridgehead atoms. The molecule has 19 heavy (non-hydrogen) atoms. The highest BCUT2D eigenvalue weighted by Gasteiger charge is 2.17. The molecule has 1 aromatic rings. The molecule has 0 amide bonds. The molecule has 0 saturated heterocycles. The fraction of sp³-hybridized carbons (Fsp3) is 0.562. The van der Waals surface area contributed by atoms with Crippen LogP contribution in [0.5, 0.6) is 0 Å². The van der Waals surface area contributed by atoms with E-state index in [1.165, 1.54) is 25.7 Å². The summed E-state index contributed by atoms with van der Waals surface area (Å²) in [7, 11) is 0. The van der Waals surface area contributed by atoms with Crippen LogP contribution in [0, 0.1) is 5.92 Å². The van der Waals surface area contributed by atoms with Crippen LogP contribution in [0.3, 0.4) is 0 Å². The lowest BCUT2D eigenvalue weighted by molar-refractivity contribution is 0.0526. The van der Waals surface area contributed by atoms with Gasteiger partial charge in [0.15, 0.2) is 0 Å². The summed E-state index contributed by atoms with van der Waals surface area (Å²) >= 11 is 0. The van der Waals surface area contributed by atoms with Gasteiger partial charge in [-0.1, -0.05) is 6.92 Å². The van der Waals surface area contributed by atoms with E-state index >= 15 is 0 Å². The number of hydrogen-bond donors (Lipinski definition) is 1. The van der Waals surface area contributed by atoms with Gasteiger partial charge in [-0.25, -0.2) is 4.79 Å². The zero-order valence-electron chi connectivity index (χ0n) is 11.8. The SMILES string of the molecule is CCOC(=O)c1ccc(NC2CCC(C)CC2)cc1. The zero-order chi connectivity index (χ0) is 13.7. The molecule has 0 aliphatic heterocycles. The van der Waals surface area contributed by atoms with Crippen LogP contribution in [0.4, 0.5) is 5.69 Å². The third kappa shape index (κ3) is 3.98. The molecule has 0 unspecified atom stereocenters. The predicted molar refractivity (Wildman–Crippen MR) is 77.4 cm³/mol. The maximum absolute atomic E-state index is 11.5. The first kappa shape index (κ1) is 13.9. The van der Waals surface area contributed by atoms with Crippen molar-refractivity contribution in [1.82, 2.24) is 0 Å². The summed E-state index contributed by atoms with van der Waals surface area (Å²) in [6, 6.07) is 8.15. The second-order valence-electron chi connectivity index (χ2n) is 5.40. The van der Waals surface area contributed by atoms with Crippen LogP contribution in [0.15, 0.2) is 24.3 Å². The Morgan fingerprint density at radius 1 is 1.21 bits per heavy atom. The van der Waals surface area contributed by atoms with Crippen molar-refractivity contribution in [1.29, 1.82) is 0 Å². The van der Waals surface area contributed by atoms with Crippen molar-refractivity contribution < 1.29 is 9.53 Å². The van der Waals surface area contributed by atoms with E-state index < -0.39 is 0 Å². The molecule has 104 valence electrons. The van der Waals surface area contributed by atoms with Crippen molar-refractivity contribution >= 4 is 11.7 Å². The van der Waals surface area contributed by atoms with E-state index in [4.69, 9.17) is 4.74 Å². The number of carbonyl (C=O) groups is 1. The number of rotatable bonds is 4. The average molecular weight is 261 g/mol. The van der Waals surface area contributed by atoms with Crippen molar-refractivity contribution in [3.63, 3.8) is 0 Å². The van der Waals surface area contributed by atoms with Gasteiger partial charge in [0, 0.05) is 11.7 Å². The maximum atomic E-state index is 11.5. The third-order valence-corrected chi connectivity index (χ3v) is 3.78. The van der Waals surface area contributed by atoms with Crippen molar-refractivity contribution in [2.75, 3.05) is 11.9 Å². The molecule has 3 heteroatoms. The van der Waals surface area contributed by atoms with Gasteiger partial charge >= 0.3 is 5.97 Å². The summed E-state index contributed by atoms with van der Waals surface area (Å²) in [5, 5.41) is 3.55. The van der Waals surface area contributed by atoms with E-state index in [9.17, 15) is 4.79 Å². The van der Waals surface area contributed by atoms with E-state index in [1.54, 1.807) is 0 Å². The van der Waals surface area contributed by atoms with E-state index in [0.29, 0.717) is 18.2 Å². The normalized spacial score (nSPS) is 22.8. The van der Waals surface area contributed by atoms with Crippen LogP contribution in [-0.2, 0) is 4.74 Å². The van der Waals surface area contributed by atoms with Gasteiger partial charge in [-0.3, -0.25) is 0 Å². The number of ether oxygens (including phenoxy) is 1. The highest BCUT2D eigenvalue weighted by Crippen LogP contribution is 2.26. The minimum atomic E-state index is -0.249. The summed E-state index contributed by atoms with van der Waals surface area (Å²) in [5.74, 6) is 0.616. The first-order valence-corrected chi connectivity index (χ1v) is 7.22. The summed E-state index contributed by atoms with van der Waals surface area (Å²) < 4.78 is 4.97. The number of anilines is 1. The number of benzene rings is 1. The average Bonchev–Trinajstić information content (AvgIpc) is 2.42. The molecule has 3 nitrogen and oxygen atoms in total. The lowest BCUT2D eigenvalue weighted by Gasteiger charge is -2.27. The molecule has 0 radical (unpaired) electrons. The van der Waals surface area contributed by atoms with Gasteiger partial charge in [0.25, 0.3) is 0 Å². The molecule has 2 rings (SSSR count). The van der Waals surface area contributed by atoms with Crippen molar-refractivity contribution in [2.45, 2.75) is 45.6 Å². The Hall–Kier alpha value is -1.51. The van der Waals surface area contributed by atoms with Gasteiger partial charge in [-0.15, -0.1) is 0 Å². The van der Waals surface area contributed by atoms with Crippen LogP contribution in [0.2, 0.25) is 0 Å². The Labute approximate surface area is 115 Å². The predicted octanol–water partition coefficient (Wildman–Crippen LogP) is 3.85. The van der Waals surface area contributed by atoms with E-state index in [2.05, 4.69) is 12.2 Å². The van der Waals surface area contributed by atoms with Gasteiger partial charge in [0.1, 0.15) is 0 Å². The second kappa shape index (κ2) is 6.60. The summed E-state index contributed by atoms with van der Waals surface area (Å²) in [6.07, 6.45) is 5.08. The summed E-state index contributed by atoms with van der Waals surface area (Å²) in [4.78, 5) is 11.5. The highest BCUT2D eigenvalue weighted by atomic mass is 16.5. The molecule has 0 atom stereocenters. The Bertz CT molecular complexity index is 405. The van der Waals surface area contributed by atoms with Gasteiger partial charge < -0.3 is 10.1 Å². The Morgan fingerprint density at radius 2 is 1.84 bits per heavy atom. The molecule has 0 spiro atoms. The molecule has 1 N–H and O–H groups in total. The highest BCUT2D eigenvalue weighted by molar-refractivity contribution is 5.89. The topological polar surface area (TPSA) is 38.3 Å². The molecule has 0 heterocycles. The molecule has 1 saturated carbocycles. The smallest absolute Gasteiger partial charge is 0.338 e. The largest absolute Gasteiger partial charge is 0.462 e. The van der Waals surface area contributed by atoms with Gasteiger partial charge in [0.05, 0.1) is 12.2 Å². The van der Waals surface area contributed by atoms with Crippen LogP contribution < -0.4 is 5.32 Å². The molecule has 1 aliphatic rings. The molecular weight excluding hydrogens is 238 g/mol.